The molecule has 0 bridgehead atoms. The number of benzene rings is 3. The molecule has 0 spiro atoms. The highest BCUT2D eigenvalue weighted by Gasteiger charge is 2.31. The molecule has 6 rings (SSSR count). The third-order valence-electron chi connectivity index (χ3n) is 8.34. The number of carbonyl (C=O) groups is 1. The lowest BCUT2D eigenvalue weighted by Gasteiger charge is -2.39. The van der Waals surface area contributed by atoms with Gasteiger partial charge in [-0.1, -0.05) is 23.7 Å². The number of methoxy groups -OCH3 is 1. The van der Waals surface area contributed by atoms with E-state index in [-0.39, 0.29) is 23.6 Å². The highest BCUT2D eigenvalue weighted by atomic mass is 35.5. The number of nitrogens with one attached hydrogen (secondary N) is 2. The maximum atomic E-state index is 15.2. The predicted molar refractivity (Wildman–Crippen MR) is 167 cm³/mol. The molecule has 8 nitrogen and oxygen atoms in total. The molecular formula is C33H32ClFN6O2. The highest BCUT2D eigenvalue weighted by Crippen LogP contribution is 2.36. The standard InChI is InChI=1S/C33H32ClFN6O2/c1-33(36-2)13-15-41(16-14-33)31(42)20-7-10-23(11-8-20)39-32-38-19-21-18-37-30(28-26(35)5-4-6-27(28)43-3)25-17-22(34)9-12-24(25)29(21)40-32/h4-12,17,19,36H,13-16,18H2,1-3H3,(H,38,39,40). The zero-order valence-electron chi connectivity index (χ0n) is 24.2. The summed E-state index contributed by atoms with van der Waals surface area (Å²) in [5.74, 6) is 0.348. The van der Waals surface area contributed by atoms with Crippen molar-refractivity contribution in [3.8, 4) is 17.0 Å². The van der Waals surface area contributed by atoms with Gasteiger partial charge in [0, 0.05) is 57.8 Å². The van der Waals surface area contributed by atoms with Crippen molar-refractivity contribution in [1.29, 1.82) is 0 Å². The predicted octanol–water partition coefficient (Wildman–Crippen LogP) is 6.25. The summed E-state index contributed by atoms with van der Waals surface area (Å²) in [6.45, 7) is 3.89. The summed E-state index contributed by atoms with van der Waals surface area (Å²) in [7, 11) is 3.47. The number of nitrogens with zero attached hydrogens (tertiary/aromatic N) is 4. The molecule has 1 amide bonds. The summed E-state index contributed by atoms with van der Waals surface area (Å²) in [6, 6.07) is 17.4. The van der Waals surface area contributed by atoms with Crippen molar-refractivity contribution in [2.24, 2.45) is 4.99 Å². The van der Waals surface area contributed by atoms with E-state index in [9.17, 15) is 4.79 Å². The molecule has 4 aromatic rings. The molecular weight excluding hydrogens is 567 g/mol. The first kappa shape index (κ1) is 28.8. The Morgan fingerprint density at radius 1 is 1.07 bits per heavy atom. The molecule has 10 heteroatoms. The summed E-state index contributed by atoms with van der Waals surface area (Å²) in [4.78, 5) is 29.2. The quantitative estimate of drug-likeness (QED) is 0.272. The number of ether oxygens (including phenoxy) is 1. The van der Waals surface area contributed by atoms with Gasteiger partial charge in [0.1, 0.15) is 11.6 Å². The SMILES string of the molecule is CNC1(C)CCN(C(=O)c2ccc(Nc3ncc4c(n3)-c3ccc(Cl)cc3C(c3c(F)cccc3OC)=NC4)cc2)CC1. The maximum Gasteiger partial charge on any atom is 0.253 e. The van der Waals surface area contributed by atoms with E-state index in [1.54, 1.807) is 30.5 Å². The van der Waals surface area contributed by atoms with Crippen LogP contribution in [0, 0.1) is 5.82 Å². The zero-order valence-corrected chi connectivity index (χ0v) is 25.0. The summed E-state index contributed by atoms with van der Waals surface area (Å²) in [5.41, 5.74) is 5.02. The molecule has 0 unspecified atom stereocenters. The number of aliphatic imine (C=N–C) groups is 1. The first-order valence-corrected chi connectivity index (χ1v) is 14.6. The van der Waals surface area contributed by atoms with Crippen LogP contribution in [0.3, 0.4) is 0 Å². The molecule has 1 saturated heterocycles. The Morgan fingerprint density at radius 2 is 1.84 bits per heavy atom. The summed E-state index contributed by atoms with van der Waals surface area (Å²) >= 11 is 6.41. The van der Waals surface area contributed by atoms with Crippen molar-refractivity contribution in [2.45, 2.75) is 31.8 Å². The van der Waals surface area contributed by atoms with E-state index in [2.05, 4.69) is 22.5 Å². The second-order valence-electron chi connectivity index (χ2n) is 11.0. The highest BCUT2D eigenvalue weighted by molar-refractivity contribution is 6.31. The number of aromatic nitrogens is 2. The summed E-state index contributed by atoms with van der Waals surface area (Å²) in [6.07, 6.45) is 3.56. The van der Waals surface area contributed by atoms with Crippen molar-refractivity contribution in [3.63, 3.8) is 0 Å². The molecule has 220 valence electrons. The minimum absolute atomic E-state index is 0.0311. The Labute approximate surface area is 255 Å². The van der Waals surface area contributed by atoms with Crippen LogP contribution in [0.1, 0.15) is 46.8 Å². The molecule has 1 aromatic heterocycles. The lowest BCUT2D eigenvalue weighted by molar-refractivity contribution is 0.0662. The number of amides is 1. The molecule has 0 radical (unpaired) electrons. The van der Waals surface area contributed by atoms with Crippen molar-refractivity contribution in [1.82, 2.24) is 20.2 Å². The number of rotatable bonds is 6. The second-order valence-corrected chi connectivity index (χ2v) is 11.5. The fourth-order valence-electron chi connectivity index (χ4n) is 5.56. The molecule has 2 aliphatic rings. The third kappa shape index (κ3) is 5.70. The molecule has 0 aliphatic carbocycles. The van der Waals surface area contributed by atoms with Gasteiger partial charge >= 0.3 is 0 Å². The lowest BCUT2D eigenvalue weighted by atomic mass is 9.89. The van der Waals surface area contributed by atoms with Gasteiger partial charge in [-0.05, 0) is 75.3 Å². The van der Waals surface area contributed by atoms with E-state index in [0.717, 1.165) is 42.7 Å². The van der Waals surface area contributed by atoms with Crippen LogP contribution < -0.4 is 15.4 Å². The monoisotopic (exact) mass is 598 g/mol. The van der Waals surface area contributed by atoms with E-state index in [4.69, 9.17) is 26.3 Å². The fourth-order valence-corrected chi connectivity index (χ4v) is 5.74. The lowest BCUT2D eigenvalue weighted by Crippen LogP contribution is -2.51. The Hall–Kier alpha value is -4.34. The number of hydrogen-bond acceptors (Lipinski definition) is 7. The van der Waals surface area contributed by atoms with Crippen LogP contribution in [0.15, 0.2) is 71.9 Å². The number of piperidine rings is 1. The van der Waals surface area contributed by atoms with Crippen LogP contribution in [0.5, 0.6) is 5.75 Å². The molecule has 2 N–H and O–H groups in total. The van der Waals surface area contributed by atoms with E-state index >= 15 is 4.39 Å². The van der Waals surface area contributed by atoms with Gasteiger partial charge in [-0.25, -0.2) is 14.4 Å². The third-order valence-corrected chi connectivity index (χ3v) is 8.58. The summed E-state index contributed by atoms with van der Waals surface area (Å²) < 4.78 is 20.6. The Bertz CT molecular complexity index is 1720. The topological polar surface area (TPSA) is 91.7 Å². The Kier molecular flexibility index (Phi) is 7.85. The average Bonchev–Trinajstić information content (AvgIpc) is 3.17. The van der Waals surface area contributed by atoms with Crippen molar-refractivity contribution in [3.05, 3.63) is 100.0 Å². The molecule has 43 heavy (non-hydrogen) atoms. The fraction of sp³-hybridized carbons (Fsp3) is 0.273. The molecule has 1 fully saturated rings. The number of hydrogen-bond donors (Lipinski definition) is 2. The van der Waals surface area contributed by atoms with Crippen molar-refractivity contribution >= 4 is 34.9 Å². The van der Waals surface area contributed by atoms with Crippen LogP contribution in [-0.4, -0.2) is 59.3 Å². The van der Waals surface area contributed by atoms with Gasteiger partial charge in [-0.15, -0.1) is 0 Å². The van der Waals surface area contributed by atoms with Gasteiger partial charge in [0.15, 0.2) is 0 Å². The number of halogens is 2. The number of anilines is 2. The molecule has 0 atom stereocenters. The first-order chi connectivity index (χ1) is 20.8. The van der Waals surface area contributed by atoms with E-state index < -0.39 is 5.82 Å². The van der Waals surface area contributed by atoms with Crippen molar-refractivity contribution < 1.29 is 13.9 Å². The molecule has 3 aromatic carbocycles. The zero-order chi connectivity index (χ0) is 30.1. The van der Waals surface area contributed by atoms with Crippen LogP contribution in [0.2, 0.25) is 5.02 Å². The van der Waals surface area contributed by atoms with Crippen LogP contribution in [-0.2, 0) is 6.54 Å². The van der Waals surface area contributed by atoms with Gasteiger partial charge in [0.25, 0.3) is 5.91 Å². The Balaban J connectivity index is 1.26. The van der Waals surface area contributed by atoms with Crippen molar-refractivity contribution in [2.75, 3.05) is 32.6 Å². The van der Waals surface area contributed by atoms with E-state index in [0.29, 0.717) is 39.3 Å². The number of carbonyl (C=O) groups excluding carboxylic acids is 1. The first-order valence-electron chi connectivity index (χ1n) is 14.2. The summed E-state index contributed by atoms with van der Waals surface area (Å²) in [5, 5.41) is 7.11. The van der Waals surface area contributed by atoms with Crippen LogP contribution >= 0.6 is 11.6 Å². The minimum Gasteiger partial charge on any atom is -0.496 e. The smallest absolute Gasteiger partial charge is 0.253 e. The second kappa shape index (κ2) is 11.7. The van der Waals surface area contributed by atoms with Gasteiger partial charge in [0.05, 0.1) is 30.6 Å². The van der Waals surface area contributed by atoms with Gasteiger partial charge < -0.3 is 20.3 Å². The van der Waals surface area contributed by atoms with Gasteiger partial charge in [-0.3, -0.25) is 9.79 Å². The van der Waals surface area contributed by atoms with Crippen LogP contribution in [0.4, 0.5) is 16.0 Å². The minimum atomic E-state index is -0.443. The Morgan fingerprint density at radius 3 is 2.56 bits per heavy atom. The number of likely N-dealkylation sites (tertiary alicyclic amines) is 1. The number of fused-ring (bicyclic) bond motifs is 3. The maximum absolute atomic E-state index is 15.2. The van der Waals surface area contributed by atoms with E-state index in [1.165, 1.54) is 13.2 Å². The van der Waals surface area contributed by atoms with Gasteiger partial charge in [0.2, 0.25) is 5.95 Å². The molecule has 3 heterocycles. The van der Waals surface area contributed by atoms with E-state index in [1.807, 2.05) is 42.3 Å². The normalized spacial score (nSPS) is 15.6. The van der Waals surface area contributed by atoms with Gasteiger partial charge in [-0.2, -0.15) is 0 Å². The molecule has 0 saturated carbocycles. The van der Waals surface area contributed by atoms with Crippen LogP contribution in [0.25, 0.3) is 11.3 Å². The average molecular weight is 599 g/mol. The molecule has 2 aliphatic heterocycles. The largest absolute Gasteiger partial charge is 0.496 e.